The molecule has 3 aromatic rings. The first-order chi connectivity index (χ1) is 11.6. The first kappa shape index (κ1) is 15.6. The maximum Gasteiger partial charge on any atom is 0.269 e. The Hall–Kier alpha value is -3.34. The number of nitro benzene ring substituents is 1. The van der Waals surface area contributed by atoms with E-state index in [1.165, 1.54) is 12.1 Å². The van der Waals surface area contributed by atoms with Gasteiger partial charge in [-0.05, 0) is 41.5 Å². The molecule has 0 fully saturated rings. The monoisotopic (exact) mass is 320 g/mol. The van der Waals surface area contributed by atoms with Gasteiger partial charge in [0.25, 0.3) is 5.69 Å². The van der Waals surface area contributed by atoms with Crippen LogP contribution < -0.4 is 10.5 Å². The predicted molar refractivity (Wildman–Crippen MR) is 93.7 cm³/mol. The molecule has 0 amide bonds. The van der Waals surface area contributed by atoms with Crippen LogP contribution in [-0.2, 0) is 6.61 Å². The summed E-state index contributed by atoms with van der Waals surface area (Å²) in [6, 6.07) is 21.6. The van der Waals surface area contributed by atoms with E-state index in [4.69, 9.17) is 10.5 Å². The highest BCUT2D eigenvalue weighted by Gasteiger charge is 2.05. The fourth-order valence-corrected chi connectivity index (χ4v) is 2.35. The summed E-state index contributed by atoms with van der Waals surface area (Å²) in [4.78, 5) is 10.3. The number of ether oxygens (including phenoxy) is 1. The van der Waals surface area contributed by atoms with Crippen LogP contribution in [0.1, 0.15) is 5.56 Å². The minimum Gasteiger partial charge on any atom is -0.489 e. The topological polar surface area (TPSA) is 78.4 Å². The zero-order chi connectivity index (χ0) is 16.9. The molecule has 120 valence electrons. The highest BCUT2D eigenvalue weighted by molar-refractivity contribution is 5.65. The lowest BCUT2D eigenvalue weighted by Gasteiger charge is -2.09. The summed E-state index contributed by atoms with van der Waals surface area (Å²) in [7, 11) is 0. The molecule has 0 aliphatic heterocycles. The van der Waals surface area contributed by atoms with Gasteiger partial charge in [0.05, 0.1) is 4.92 Å². The summed E-state index contributed by atoms with van der Waals surface area (Å²) in [6.07, 6.45) is 0. The molecule has 2 N–H and O–H groups in total. The number of hydrogen-bond donors (Lipinski definition) is 1. The molecule has 0 saturated carbocycles. The molecule has 0 aliphatic rings. The predicted octanol–water partition coefficient (Wildman–Crippen LogP) is 4.42. The smallest absolute Gasteiger partial charge is 0.269 e. The number of nitro groups is 1. The molecule has 0 aromatic heterocycles. The molecule has 0 unspecified atom stereocenters. The van der Waals surface area contributed by atoms with E-state index >= 15 is 0 Å². The van der Waals surface area contributed by atoms with Crippen LogP contribution in [0.4, 0.5) is 11.4 Å². The third-order valence-corrected chi connectivity index (χ3v) is 3.72. The minimum absolute atomic E-state index is 0.0825. The Morgan fingerprint density at radius 2 is 1.46 bits per heavy atom. The van der Waals surface area contributed by atoms with Crippen LogP contribution in [0.25, 0.3) is 11.1 Å². The lowest BCUT2D eigenvalue weighted by atomic mass is 10.1. The Labute approximate surface area is 139 Å². The number of anilines is 1. The Balaban J connectivity index is 1.69. The van der Waals surface area contributed by atoms with Crippen molar-refractivity contribution < 1.29 is 9.66 Å². The standard InChI is InChI=1S/C19H16N2O3/c20-19-4-2-1-3-16(19)13-24-18-11-7-15(8-12-18)14-5-9-17(10-6-14)21(22)23/h1-12H,13,20H2. The molecule has 0 bridgehead atoms. The van der Waals surface area contributed by atoms with Crippen LogP contribution in [0.15, 0.2) is 72.8 Å². The molecule has 0 radical (unpaired) electrons. The molecule has 0 aliphatic carbocycles. The van der Waals surface area contributed by atoms with Crippen molar-refractivity contribution in [2.75, 3.05) is 5.73 Å². The van der Waals surface area contributed by atoms with E-state index in [0.29, 0.717) is 12.3 Å². The van der Waals surface area contributed by atoms with Gasteiger partial charge in [-0.3, -0.25) is 10.1 Å². The number of rotatable bonds is 5. The van der Waals surface area contributed by atoms with Gasteiger partial charge >= 0.3 is 0 Å². The van der Waals surface area contributed by atoms with Crippen LogP contribution in [0.2, 0.25) is 0 Å². The van der Waals surface area contributed by atoms with Crippen molar-refractivity contribution in [3.8, 4) is 16.9 Å². The Morgan fingerprint density at radius 3 is 2.04 bits per heavy atom. The third-order valence-electron chi connectivity index (χ3n) is 3.72. The van der Waals surface area contributed by atoms with Gasteiger partial charge in [-0.25, -0.2) is 0 Å². The maximum absolute atomic E-state index is 10.7. The SMILES string of the molecule is Nc1ccccc1COc1ccc(-c2ccc([N+](=O)[O-])cc2)cc1. The molecule has 0 spiro atoms. The van der Waals surface area contributed by atoms with Crippen LogP contribution in [0.5, 0.6) is 5.75 Å². The Morgan fingerprint density at radius 1 is 0.875 bits per heavy atom. The number of hydrogen-bond acceptors (Lipinski definition) is 4. The normalized spacial score (nSPS) is 10.3. The van der Waals surface area contributed by atoms with Gasteiger partial charge in [-0.1, -0.05) is 30.3 Å². The Kier molecular flexibility index (Phi) is 4.43. The molecule has 3 rings (SSSR count). The van der Waals surface area contributed by atoms with Gasteiger partial charge in [0, 0.05) is 23.4 Å². The third kappa shape index (κ3) is 3.52. The van der Waals surface area contributed by atoms with Gasteiger partial charge in [0.1, 0.15) is 12.4 Å². The van der Waals surface area contributed by atoms with Crippen molar-refractivity contribution in [3.63, 3.8) is 0 Å². The van der Waals surface area contributed by atoms with Gasteiger partial charge in [-0.2, -0.15) is 0 Å². The fourth-order valence-electron chi connectivity index (χ4n) is 2.35. The van der Waals surface area contributed by atoms with Crippen LogP contribution in [0, 0.1) is 10.1 Å². The van der Waals surface area contributed by atoms with Crippen molar-refractivity contribution in [3.05, 3.63) is 88.5 Å². The molecule has 0 atom stereocenters. The number of nitrogen functional groups attached to an aromatic ring is 1. The number of nitrogens with zero attached hydrogens (tertiary/aromatic N) is 1. The first-order valence-electron chi connectivity index (χ1n) is 7.44. The number of nitrogens with two attached hydrogens (primary N) is 1. The Bertz CT molecular complexity index is 843. The van der Waals surface area contributed by atoms with E-state index in [1.807, 2.05) is 48.5 Å². The van der Waals surface area contributed by atoms with Gasteiger partial charge < -0.3 is 10.5 Å². The number of benzene rings is 3. The van der Waals surface area contributed by atoms with E-state index in [2.05, 4.69) is 0 Å². The van der Waals surface area contributed by atoms with Crippen LogP contribution in [-0.4, -0.2) is 4.92 Å². The zero-order valence-corrected chi connectivity index (χ0v) is 12.9. The summed E-state index contributed by atoms with van der Waals surface area (Å²) in [5, 5.41) is 10.7. The van der Waals surface area contributed by atoms with E-state index < -0.39 is 4.92 Å². The van der Waals surface area contributed by atoms with Gasteiger partial charge in [0.2, 0.25) is 0 Å². The molecule has 3 aromatic carbocycles. The summed E-state index contributed by atoms with van der Waals surface area (Å²) in [5.41, 5.74) is 9.51. The summed E-state index contributed by atoms with van der Waals surface area (Å²) in [5.74, 6) is 0.740. The fraction of sp³-hybridized carbons (Fsp3) is 0.0526. The summed E-state index contributed by atoms with van der Waals surface area (Å²) in [6.45, 7) is 0.406. The highest BCUT2D eigenvalue weighted by Crippen LogP contribution is 2.25. The van der Waals surface area contributed by atoms with Crippen LogP contribution in [0.3, 0.4) is 0 Å². The highest BCUT2D eigenvalue weighted by atomic mass is 16.6. The number of para-hydroxylation sites is 1. The molecule has 5 nitrogen and oxygen atoms in total. The minimum atomic E-state index is -0.407. The molecule has 5 heteroatoms. The lowest BCUT2D eigenvalue weighted by molar-refractivity contribution is -0.384. The molecule has 24 heavy (non-hydrogen) atoms. The van der Waals surface area contributed by atoms with E-state index in [0.717, 1.165) is 22.4 Å². The molecule has 0 saturated heterocycles. The zero-order valence-electron chi connectivity index (χ0n) is 12.9. The molecule has 0 heterocycles. The average Bonchev–Trinajstić information content (AvgIpc) is 2.62. The van der Waals surface area contributed by atoms with Crippen molar-refractivity contribution in [2.24, 2.45) is 0 Å². The average molecular weight is 320 g/mol. The van der Waals surface area contributed by atoms with Crippen molar-refractivity contribution in [1.82, 2.24) is 0 Å². The van der Waals surface area contributed by atoms with E-state index in [-0.39, 0.29) is 5.69 Å². The number of non-ortho nitro benzene ring substituents is 1. The second-order valence-electron chi connectivity index (χ2n) is 5.32. The second-order valence-corrected chi connectivity index (χ2v) is 5.32. The van der Waals surface area contributed by atoms with Crippen molar-refractivity contribution in [1.29, 1.82) is 0 Å². The lowest BCUT2D eigenvalue weighted by Crippen LogP contribution is -1.99. The van der Waals surface area contributed by atoms with Crippen LogP contribution >= 0.6 is 0 Å². The van der Waals surface area contributed by atoms with Gasteiger partial charge in [-0.15, -0.1) is 0 Å². The van der Waals surface area contributed by atoms with Crippen molar-refractivity contribution in [2.45, 2.75) is 6.61 Å². The van der Waals surface area contributed by atoms with E-state index in [9.17, 15) is 10.1 Å². The molecular weight excluding hydrogens is 304 g/mol. The molecular formula is C19H16N2O3. The first-order valence-corrected chi connectivity index (χ1v) is 7.44. The summed E-state index contributed by atoms with van der Waals surface area (Å²) < 4.78 is 5.75. The maximum atomic E-state index is 10.7. The van der Waals surface area contributed by atoms with E-state index in [1.54, 1.807) is 12.1 Å². The quantitative estimate of drug-likeness (QED) is 0.429. The largest absolute Gasteiger partial charge is 0.489 e. The van der Waals surface area contributed by atoms with Crippen molar-refractivity contribution >= 4 is 11.4 Å². The van der Waals surface area contributed by atoms with Gasteiger partial charge in [0.15, 0.2) is 0 Å². The summed E-state index contributed by atoms with van der Waals surface area (Å²) >= 11 is 0. The second kappa shape index (κ2) is 6.83.